The van der Waals surface area contributed by atoms with Gasteiger partial charge in [0, 0.05) is 27.2 Å². The molecule has 0 atom stereocenters. The molecule has 7 nitrogen and oxygen atoms in total. The van der Waals surface area contributed by atoms with Crippen molar-refractivity contribution in [1.29, 1.82) is 0 Å². The van der Waals surface area contributed by atoms with Crippen LogP contribution in [0, 0.1) is 0 Å². The average Bonchev–Trinajstić information content (AvgIpc) is 2.37. The number of carbonyl (C=O) groups excluding carboxylic acids is 1. The second kappa shape index (κ2) is 6.41. The number of carbonyl (C=O) groups is 1. The number of likely N-dealkylation sites (tertiary alicyclic amines) is 1. The number of piperidine rings is 1. The van der Waals surface area contributed by atoms with Gasteiger partial charge in [-0.15, -0.1) is 0 Å². The summed E-state index contributed by atoms with van der Waals surface area (Å²) in [6, 6.07) is 0. The Morgan fingerprint density at radius 2 is 1.85 bits per heavy atom. The lowest BCUT2D eigenvalue weighted by Crippen LogP contribution is -2.56. The maximum atomic E-state index is 12.1. The van der Waals surface area contributed by atoms with Crippen LogP contribution in [-0.4, -0.2) is 62.5 Å². The van der Waals surface area contributed by atoms with Crippen LogP contribution < -0.4 is 0 Å². The number of rotatable bonds is 3. The Morgan fingerprint density at radius 3 is 2.30 bits per heavy atom. The number of ether oxygens (including phenoxy) is 3. The predicted octanol–water partition coefficient (Wildman–Crippen LogP) is 1.62. The van der Waals surface area contributed by atoms with Gasteiger partial charge in [-0.3, -0.25) is 0 Å². The summed E-state index contributed by atoms with van der Waals surface area (Å²) in [5.74, 6) is -0.950. The summed E-state index contributed by atoms with van der Waals surface area (Å²) in [4.78, 5) is 18.5. The Bertz CT molecular complexity index is 371. The highest BCUT2D eigenvalue weighted by Crippen LogP contribution is 2.26. The zero-order valence-corrected chi connectivity index (χ0v) is 13.1. The Labute approximate surface area is 119 Å². The number of nitrogens with zero attached hydrogens (tertiary/aromatic N) is 2. The van der Waals surface area contributed by atoms with Gasteiger partial charge in [0.1, 0.15) is 18.4 Å². The van der Waals surface area contributed by atoms with Crippen molar-refractivity contribution in [2.45, 2.75) is 38.6 Å². The molecule has 1 fully saturated rings. The standard InChI is InChI=1S/C13H24N2O5/c1-12(2,3)20-11(16)15-8-7-13(17-4,18-5)10(9-15)14-19-6/h7-9H2,1-6H3/b14-10-. The molecule has 0 aromatic rings. The summed E-state index contributed by atoms with van der Waals surface area (Å²) in [6.45, 7) is 6.18. The fraction of sp³-hybridized carbons (Fsp3) is 0.846. The fourth-order valence-corrected chi connectivity index (χ4v) is 2.02. The first kappa shape index (κ1) is 16.7. The van der Waals surface area contributed by atoms with E-state index in [1.165, 1.54) is 21.3 Å². The van der Waals surface area contributed by atoms with E-state index in [2.05, 4.69) is 5.16 Å². The number of hydrogen-bond donors (Lipinski definition) is 0. The summed E-state index contributed by atoms with van der Waals surface area (Å²) < 4.78 is 16.2. The first-order valence-corrected chi connectivity index (χ1v) is 6.46. The fourth-order valence-electron chi connectivity index (χ4n) is 2.02. The van der Waals surface area contributed by atoms with E-state index in [4.69, 9.17) is 19.0 Å². The first-order valence-electron chi connectivity index (χ1n) is 6.46. The van der Waals surface area contributed by atoms with Gasteiger partial charge in [-0.25, -0.2) is 4.79 Å². The molecular formula is C13H24N2O5. The van der Waals surface area contributed by atoms with Crippen molar-refractivity contribution in [2.75, 3.05) is 34.4 Å². The average molecular weight is 288 g/mol. The molecule has 0 N–H and O–H groups in total. The molecule has 116 valence electrons. The van der Waals surface area contributed by atoms with Crippen LogP contribution in [0.25, 0.3) is 0 Å². The van der Waals surface area contributed by atoms with Crippen LogP contribution >= 0.6 is 0 Å². The number of amides is 1. The third-order valence-corrected chi connectivity index (χ3v) is 3.00. The van der Waals surface area contributed by atoms with Gasteiger partial charge in [-0.2, -0.15) is 0 Å². The zero-order valence-electron chi connectivity index (χ0n) is 13.1. The van der Waals surface area contributed by atoms with Crippen molar-refractivity contribution in [3.05, 3.63) is 0 Å². The molecule has 0 aromatic carbocycles. The molecule has 1 saturated heterocycles. The first-order chi connectivity index (χ1) is 9.28. The lowest BCUT2D eigenvalue weighted by atomic mass is 10.0. The van der Waals surface area contributed by atoms with E-state index in [-0.39, 0.29) is 12.6 Å². The molecule has 0 radical (unpaired) electrons. The maximum Gasteiger partial charge on any atom is 0.410 e. The van der Waals surface area contributed by atoms with Crippen LogP contribution in [0.15, 0.2) is 5.16 Å². The van der Waals surface area contributed by atoms with E-state index in [1.807, 2.05) is 20.8 Å². The smallest absolute Gasteiger partial charge is 0.410 e. The summed E-state index contributed by atoms with van der Waals surface area (Å²) in [6.07, 6.45) is 0.0728. The maximum absolute atomic E-state index is 12.1. The minimum atomic E-state index is -0.950. The largest absolute Gasteiger partial charge is 0.444 e. The van der Waals surface area contributed by atoms with E-state index in [0.717, 1.165) is 0 Å². The summed E-state index contributed by atoms with van der Waals surface area (Å²) >= 11 is 0. The number of methoxy groups -OCH3 is 2. The minimum absolute atomic E-state index is 0.241. The Balaban J connectivity index is 2.84. The van der Waals surface area contributed by atoms with Gasteiger partial charge in [-0.1, -0.05) is 5.16 Å². The van der Waals surface area contributed by atoms with Crippen LogP contribution in [0.3, 0.4) is 0 Å². The minimum Gasteiger partial charge on any atom is -0.444 e. The molecule has 1 aliphatic heterocycles. The van der Waals surface area contributed by atoms with Crippen LogP contribution in [0.5, 0.6) is 0 Å². The van der Waals surface area contributed by atoms with Gasteiger partial charge >= 0.3 is 6.09 Å². The van der Waals surface area contributed by atoms with E-state index < -0.39 is 11.4 Å². The van der Waals surface area contributed by atoms with Crippen LogP contribution in [0.4, 0.5) is 4.79 Å². The van der Waals surface area contributed by atoms with Crippen molar-refractivity contribution in [3.8, 4) is 0 Å². The van der Waals surface area contributed by atoms with Gasteiger partial charge in [0.05, 0.1) is 6.54 Å². The molecule has 20 heavy (non-hydrogen) atoms. The highest BCUT2D eigenvalue weighted by molar-refractivity contribution is 5.95. The van der Waals surface area contributed by atoms with E-state index in [9.17, 15) is 4.79 Å². The van der Waals surface area contributed by atoms with Gasteiger partial charge in [-0.05, 0) is 20.8 Å². The number of oxime groups is 1. The normalized spacial score (nSPS) is 20.9. The van der Waals surface area contributed by atoms with Gasteiger partial charge < -0.3 is 23.9 Å². The molecule has 1 heterocycles. The van der Waals surface area contributed by atoms with E-state index >= 15 is 0 Å². The van der Waals surface area contributed by atoms with Crippen molar-refractivity contribution in [2.24, 2.45) is 5.16 Å². The Kier molecular flexibility index (Phi) is 5.35. The van der Waals surface area contributed by atoms with Crippen molar-refractivity contribution in [1.82, 2.24) is 4.90 Å². The molecule has 0 saturated carbocycles. The zero-order chi connectivity index (χ0) is 15.4. The monoisotopic (exact) mass is 288 g/mol. The van der Waals surface area contributed by atoms with E-state index in [0.29, 0.717) is 18.7 Å². The molecule has 0 unspecified atom stereocenters. The summed E-state index contributed by atoms with van der Waals surface area (Å²) in [5, 5.41) is 3.93. The van der Waals surface area contributed by atoms with Crippen molar-refractivity contribution < 1.29 is 23.8 Å². The van der Waals surface area contributed by atoms with Gasteiger partial charge in [0.25, 0.3) is 0 Å². The van der Waals surface area contributed by atoms with Crippen molar-refractivity contribution in [3.63, 3.8) is 0 Å². The molecule has 0 aliphatic carbocycles. The second-order valence-corrected chi connectivity index (χ2v) is 5.53. The predicted molar refractivity (Wildman–Crippen MR) is 73.6 cm³/mol. The topological polar surface area (TPSA) is 69.6 Å². The third kappa shape index (κ3) is 3.83. The molecule has 1 rings (SSSR count). The molecular weight excluding hydrogens is 264 g/mol. The molecule has 1 amide bonds. The van der Waals surface area contributed by atoms with Gasteiger partial charge in [0.2, 0.25) is 5.79 Å². The summed E-state index contributed by atoms with van der Waals surface area (Å²) in [7, 11) is 4.52. The summed E-state index contributed by atoms with van der Waals surface area (Å²) in [5.41, 5.74) is -0.0331. The Hall–Kier alpha value is -1.34. The lowest BCUT2D eigenvalue weighted by Gasteiger charge is -2.40. The van der Waals surface area contributed by atoms with Crippen molar-refractivity contribution >= 4 is 11.8 Å². The van der Waals surface area contributed by atoms with Gasteiger partial charge in [0.15, 0.2) is 0 Å². The van der Waals surface area contributed by atoms with Crippen LogP contribution in [-0.2, 0) is 19.0 Å². The molecule has 1 aliphatic rings. The number of hydrogen-bond acceptors (Lipinski definition) is 6. The SMILES string of the molecule is CO/N=C1/CN(C(=O)OC(C)(C)C)CCC1(OC)OC. The molecule has 0 bridgehead atoms. The second-order valence-electron chi connectivity index (χ2n) is 5.53. The quantitative estimate of drug-likeness (QED) is 0.583. The lowest BCUT2D eigenvalue weighted by molar-refractivity contribution is -0.168. The highest BCUT2D eigenvalue weighted by Gasteiger charge is 2.43. The highest BCUT2D eigenvalue weighted by atomic mass is 16.7. The molecule has 0 spiro atoms. The Morgan fingerprint density at radius 1 is 1.25 bits per heavy atom. The molecule has 0 aromatic heterocycles. The van der Waals surface area contributed by atoms with Crippen LogP contribution in [0.2, 0.25) is 0 Å². The third-order valence-electron chi connectivity index (χ3n) is 3.00. The van der Waals surface area contributed by atoms with Crippen LogP contribution in [0.1, 0.15) is 27.2 Å². The molecule has 7 heteroatoms. The van der Waals surface area contributed by atoms with E-state index in [1.54, 1.807) is 4.90 Å².